The molecule has 0 aromatic heterocycles. The molecule has 186 valence electrons. The largest absolute Gasteiger partial charge is 0.463 e. The van der Waals surface area contributed by atoms with E-state index in [9.17, 15) is 19.2 Å². The second kappa shape index (κ2) is 17.8. The van der Waals surface area contributed by atoms with Crippen LogP contribution >= 0.6 is 0 Å². The van der Waals surface area contributed by atoms with Gasteiger partial charge in [0.25, 0.3) is 0 Å². The highest BCUT2D eigenvalue weighted by Crippen LogP contribution is 2.04. The zero-order valence-electron chi connectivity index (χ0n) is 19.5. The second-order valence-corrected chi connectivity index (χ2v) is 7.31. The van der Waals surface area contributed by atoms with Crippen molar-refractivity contribution in [3.63, 3.8) is 0 Å². The predicted octanol–water partition coefficient (Wildman–Crippen LogP) is 1.57. The molecule has 10 nitrogen and oxygen atoms in total. The van der Waals surface area contributed by atoms with Gasteiger partial charge in [0.1, 0.15) is 12.7 Å². The average Bonchev–Trinajstić information content (AvgIpc) is 2.81. The molecule has 0 saturated carbocycles. The first kappa shape index (κ1) is 28.3. The lowest BCUT2D eigenvalue weighted by Crippen LogP contribution is -2.43. The fraction of sp³-hybridized carbons (Fsp3) is 0.652. The molecule has 1 heterocycles. The summed E-state index contributed by atoms with van der Waals surface area (Å²) in [6.45, 7) is 6.99. The van der Waals surface area contributed by atoms with Crippen LogP contribution in [0.15, 0.2) is 24.3 Å². The molecule has 0 spiro atoms. The molecule has 0 aliphatic carbocycles. The van der Waals surface area contributed by atoms with Crippen LogP contribution in [0.4, 0.5) is 0 Å². The van der Waals surface area contributed by atoms with E-state index >= 15 is 0 Å². The van der Waals surface area contributed by atoms with Gasteiger partial charge in [-0.2, -0.15) is 0 Å². The van der Waals surface area contributed by atoms with Crippen LogP contribution in [0.2, 0.25) is 0 Å². The standard InChI is InChI=1S/C23H35NO9/c1-3-5-13-30-20(25)7-8-22(27)32-18-19(17-24-11-15-29-16-12-24)33-23(28)10-9-21(26)31-14-6-4-2/h7-10,19H,3-6,11-18H2,1-2H3/b8-7+,10-9+. The molecular weight excluding hydrogens is 434 g/mol. The van der Waals surface area contributed by atoms with Crippen molar-refractivity contribution in [3.8, 4) is 0 Å². The normalized spacial score (nSPS) is 15.3. The maximum absolute atomic E-state index is 12.1. The van der Waals surface area contributed by atoms with E-state index in [4.69, 9.17) is 23.7 Å². The Bertz CT molecular complexity index is 669. The lowest BCUT2D eigenvalue weighted by atomic mass is 10.3. The Kier molecular flexibility index (Phi) is 15.3. The summed E-state index contributed by atoms with van der Waals surface area (Å²) in [5.74, 6) is -2.78. The number of ether oxygens (including phenoxy) is 5. The summed E-state index contributed by atoms with van der Waals surface area (Å²) in [5.41, 5.74) is 0. The smallest absolute Gasteiger partial charge is 0.331 e. The van der Waals surface area contributed by atoms with Crippen molar-refractivity contribution in [1.29, 1.82) is 0 Å². The van der Waals surface area contributed by atoms with Gasteiger partial charge in [0, 0.05) is 43.9 Å². The summed E-state index contributed by atoms with van der Waals surface area (Å²) in [4.78, 5) is 49.2. The van der Waals surface area contributed by atoms with Crippen LogP contribution in [0.25, 0.3) is 0 Å². The van der Waals surface area contributed by atoms with Crippen molar-refractivity contribution in [2.45, 2.75) is 45.6 Å². The van der Waals surface area contributed by atoms with Gasteiger partial charge in [-0.15, -0.1) is 0 Å². The fourth-order valence-corrected chi connectivity index (χ4v) is 2.63. The zero-order valence-corrected chi connectivity index (χ0v) is 19.5. The van der Waals surface area contributed by atoms with Crippen molar-refractivity contribution in [1.82, 2.24) is 4.90 Å². The van der Waals surface area contributed by atoms with Crippen molar-refractivity contribution in [3.05, 3.63) is 24.3 Å². The number of carbonyl (C=O) groups is 4. The maximum atomic E-state index is 12.1. The molecule has 1 aliphatic heterocycles. The van der Waals surface area contributed by atoms with E-state index in [1.165, 1.54) is 0 Å². The van der Waals surface area contributed by atoms with E-state index in [2.05, 4.69) is 0 Å². The Morgan fingerprint density at radius 3 is 1.79 bits per heavy atom. The summed E-state index contributed by atoms with van der Waals surface area (Å²) >= 11 is 0. The van der Waals surface area contributed by atoms with Gasteiger partial charge < -0.3 is 23.7 Å². The van der Waals surface area contributed by atoms with Crippen LogP contribution in [0.5, 0.6) is 0 Å². The van der Waals surface area contributed by atoms with Crippen molar-refractivity contribution >= 4 is 23.9 Å². The van der Waals surface area contributed by atoms with Crippen molar-refractivity contribution in [2.75, 3.05) is 52.7 Å². The number of nitrogens with zero attached hydrogens (tertiary/aromatic N) is 1. The maximum Gasteiger partial charge on any atom is 0.331 e. The number of morpholine rings is 1. The van der Waals surface area contributed by atoms with E-state index in [0.29, 0.717) is 32.8 Å². The number of rotatable bonds is 15. The topological polar surface area (TPSA) is 118 Å². The summed E-state index contributed by atoms with van der Waals surface area (Å²) < 4.78 is 25.7. The third-order valence-corrected chi connectivity index (χ3v) is 4.46. The fourth-order valence-electron chi connectivity index (χ4n) is 2.63. The molecule has 1 aliphatic rings. The highest BCUT2D eigenvalue weighted by Gasteiger charge is 2.21. The zero-order chi connectivity index (χ0) is 24.3. The lowest BCUT2D eigenvalue weighted by Gasteiger charge is -2.29. The molecule has 1 atom stereocenters. The predicted molar refractivity (Wildman–Crippen MR) is 118 cm³/mol. The van der Waals surface area contributed by atoms with Gasteiger partial charge >= 0.3 is 23.9 Å². The van der Waals surface area contributed by atoms with Gasteiger partial charge in [-0.3, -0.25) is 4.90 Å². The lowest BCUT2D eigenvalue weighted by molar-refractivity contribution is -0.154. The summed E-state index contributed by atoms with van der Waals surface area (Å²) in [6.07, 6.45) is 6.42. The third-order valence-electron chi connectivity index (χ3n) is 4.46. The highest BCUT2D eigenvalue weighted by atomic mass is 16.6. The molecule has 10 heteroatoms. The first-order chi connectivity index (χ1) is 15.9. The van der Waals surface area contributed by atoms with Crippen LogP contribution in [0, 0.1) is 0 Å². The van der Waals surface area contributed by atoms with Gasteiger partial charge in [-0.1, -0.05) is 26.7 Å². The SMILES string of the molecule is CCCCOC(=O)/C=C/C(=O)OCC(CN1CCOCC1)OC(=O)/C=C/C(=O)OCCCC. The van der Waals surface area contributed by atoms with Crippen molar-refractivity contribution in [2.24, 2.45) is 0 Å². The first-order valence-corrected chi connectivity index (χ1v) is 11.3. The number of esters is 4. The van der Waals surface area contributed by atoms with E-state index in [-0.39, 0.29) is 19.8 Å². The molecule has 1 saturated heterocycles. The summed E-state index contributed by atoms with van der Waals surface area (Å²) in [5, 5.41) is 0. The first-order valence-electron chi connectivity index (χ1n) is 11.3. The minimum Gasteiger partial charge on any atom is -0.463 e. The van der Waals surface area contributed by atoms with Gasteiger partial charge in [-0.25, -0.2) is 19.2 Å². The third kappa shape index (κ3) is 14.9. The number of unbranched alkanes of at least 4 members (excludes halogenated alkanes) is 2. The quantitative estimate of drug-likeness (QED) is 0.151. The van der Waals surface area contributed by atoms with E-state index in [1.807, 2.05) is 18.7 Å². The van der Waals surface area contributed by atoms with E-state index < -0.39 is 30.0 Å². The van der Waals surface area contributed by atoms with Crippen molar-refractivity contribution < 1.29 is 42.9 Å². The average molecular weight is 470 g/mol. The van der Waals surface area contributed by atoms with Gasteiger partial charge in [0.15, 0.2) is 0 Å². The molecule has 0 bridgehead atoms. The molecule has 0 N–H and O–H groups in total. The molecule has 0 amide bonds. The summed E-state index contributed by atoms with van der Waals surface area (Å²) in [7, 11) is 0. The molecule has 33 heavy (non-hydrogen) atoms. The van der Waals surface area contributed by atoms with E-state index in [0.717, 1.165) is 50.0 Å². The monoisotopic (exact) mass is 469 g/mol. The number of carbonyl (C=O) groups excluding carboxylic acids is 4. The molecular formula is C23H35NO9. The second-order valence-electron chi connectivity index (χ2n) is 7.31. The van der Waals surface area contributed by atoms with Crippen LogP contribution < -0.4 is 0 Å². The van der Waals surface area contributed by atoms with Crippen LogP contribution in [-0.4, -0.2) is 87.5 Å². The Hall–Kier alpha value is -2.72. The van der Waals surface area contributed by atoms with Crippen LogP contribution in [0.1, 0.15) is 39.5 Å². The molecule has 0 aromatic carbocycles. The molecule has 1 fully saturated rings. The summed E-state index contributed by atoms with van der Waals surface area (Å²) in [6, 6.07) is 0. The number of hydrogen-bond donors (Lipinski definition) is 0. The van der Waals surface area contributed by atoms with Gasteiger partial charge in [0.2, 0.25) is 0 Å². The van der Waals surface area contributed by atoms with Gasteiger partial charge in [-0.05, 0) is 12.8 Å². The highest BCUT2D eigenvalue weighted by molar-refractivity contribution is 5.92. The molecule has 0 radical (unpaired) electrons. The molecule has 1 unspecified atom stereocenters. The Balaban J connectivity index is 2.55. The van der Waals surface area contributed by atoms with Crippen LogP contribution in [-0.2, 0) is 42.9 Å². The van der Waals surface area contributed by atoms with Crippen LogP contribution in [0.3, 0.4) is 0 Å². The number of hydrogen-bond acceptors (Lipinski definition) is 10. The Morgan fingerprint density at radius 1 is 0.788 bits per heavy atom. The Morgan fingerprint density at radius 2 is 1.27 bits per heavy atom. The van der Waals surface area contributed by atoms with Gasteiger partial charge in [0.05, 0.1) is 26.4 Å². The molecule has 0 aromatic rings. The van der Waals surface area contributed by atoms with E-state index in [1.54, 1.807) is 0 Å². The molecule has 1 rings (SSSR count). The minimum atomic E-state index is -0.773. The minimum absolute atomic E-state index is 0.216. The Labute approximate surface area is 194 Å².